The van der Waals surface area contributed by atoms with Crippen molar-refractivity contribution in [1.29, 1.82) is 0 Å². The molecular formula is C19H20O5P-. The molecule has 2 aromatic rings. The molecule has 2 rings (SSSR count). The van der Waals surface area contributed by atoms with Crippen molar-refractivity contribution < 1.29 is 23.6 Å². The quantitative estimate of drug-likeness (QED) is 0.634. The first-order valence-electron chi connectivity index (χ1n) is 7.83. The largest absolute Gasteiger partial charge is 0.756 e. The zero-order valence-corrected chi connectivity index (χ0v) is 15.0. The average Bonchev–Trinajstić information content (AvgIpc) is 2.58. The fraction of sp³-hybridized carbons (Fsp3) is 0.263. The summed E-state index contributed by atoms with van der Waals surface area (Å²) in [6, 6.07) is 14.5. The second kappa shape index (κ2) is 8.96. The van der Waals surface area contributed by atoms with E-state index in [-0.39, 0.29) is 13.2 Å². The summed E-state index contributed by atoms with van der Waals surface area (Å²) in [4.78, 5) is 11.6. The SMILES string of the molecule is CC(C)OP(=O)([O-])OCc1cccc(C#Cc2ccc(CO)cc2)c1. The van der Waals surface area contributed by atoms with Gasteiger partial charge in [-0.1, -0.05) is 36.1 Å². The molecule has 6 heteroatoms. The molecular weight excluding hydrogens is 339 g/mol. The molecule has 0 fully saturated rings. The number of hydrogen-bond acceptors (Lipinski definition) is 5. The predicted molar refractivity (Wildman–Crippen MR) is 93.4 cm³/mol. The van der Waals surface area contributed by atoms with Crippen LogP contribution >= 0.6 is 7.82 Å². The van der Waals surface area contributed by atoms with Crippen molar-refractivity contribution >= 4 is 7.82 Å². The van der Waals surface area contributed by atoms with Gasteiger partial charge in [-0.3, -0.25) is 4.57 Å². The van der Waals surface area contributed by atoms with E-state index in [1.54, 1.807) is 32.0 Å². The number of aliphatic hydroxyl groups excluding tert-OH is 1. The Kier molecular flexibility index (Phi) is 6.95. The summed E-state index contributed by atoms with van der Waals surface area (Å²) in [5.74, 6) is 6.05. The number of aliphatic hydroxyl groups is 1. The van der Waals surface area contributed by atoms with Gasteiger partial charge in [-0.05, 0) is 49.2 Å². The minimum absolute atomic E-state index is 0.000151. The predicted octanol–water partition coefficient (Wildman–Crippen LogP) is 2.99. The number of hydrogen-bond donors (Lipinski definition) is 1. The van der Waals surface area contributed by atoms with Crippen molar-refractivity contribution in [3.8, 4) is 11.8 Å². The van der Waals surface area contributed by atoms with E-state index in [1.165, 1.54) is 0 Å². The van der Waals surface area contributed by atoms with Gasteiger partial charge in [-0.25, -0.2) is 0 Å². The van der Waals surface area contributed by atoms with Crippen LogP contribution in [0.15, 0.2) is 48.5 Å². The molecule has 0 aromatic heterocycles. The van der Waals surface area contributed by atoms with E-state index in [2.05, 4.69) is 11.8 Å². The van der Waals surface area contributed by atoms with Crippen LogP contribution in [0.4, 0.5) is 0 Å². The van der Waals surface area contributed by atoms with Gasteiger partial charge >= 0.3 is 0 Å². The van der Waals surface area contributed by atoms with Gasteiger partial charge in [0.1, 0.15) is 0 Å². The minimum Gasteiger partial charge on any atom is -0.756 e. The molecule has 0 amide bonds. The Morgan fingerprint density at radius 2 is 1.76 bits per heavy atom. The Balaban J connectivity index is 2.04. The monoisotopic (exact) mass is 359 g/mol. The molecule has 1 N–H and O–H groups in total. The Morgan fingerprint density at radius 1 is 1.08 bits per heavy atom. The summed E-state index contributed by atoms with van der Waals surface area (Å²) in [6.07, 6.45) is -0.460. The third kappa shape index (κ3) is 6.83. The smallest absolute Gasteiger partial charge is 0.268 e. The van der Waals surface area contributed by atoms with Crippen LogP contribution in [-0.4, -0.2) is 11.2 Å². The van der Waals surface area contributed by atoms with Crippen molar-refractivity contribution in [3.63, 3.8) is 0 Å². The molecule has 132 valence electrons. The van der Waals surface area contributed by atoms with E-state index in [1.807, 2.05) is 30.3 Å². The molecule has 2 aromatic carbocycles. The van der Waals surface area contributed by atoms with Gasteiger partial charge in [0.05, 0.1) is 19.3 Å². The van der Waals surface area contributed by atoms with Crippen molar-refractivity contribution in [2.45, 2.75) is 33.2 Å². The molecule has 0 aliphatic rings. The van der Waals surface area contributed by atoms with Gasteiger partial charge in [0.25, 0.3) is 7.82 Å². The van der Waals surface area contributed by atoms with E-state index in [4.69, 9.17) is 14.2 Å². The van der Waals surface area contributed by atoms with Gasteiger partial charge in [0, 0.05) is 11.1 Å². The highest BCUT2D eigenvalue weighted by atomic mass is 31.2. The molecule has 0 bridgehead atoms. The van der Waals surface area contributed by atoms with Crippen LogP contribution in [-0.2, 0) is 26.8 Å². The molecule has 0 radical (unpaired) electrons. The molecule has 0 saturated carbocycles. The Bertz CT molecular complexity index is 803. The average molecular weight is 359 g/mol. The van der Waals surface area contributed by atoms with Gasteiger partial charge in [-0.15, -0.1) is 0 Å². The van der Waals surface area contributed by atoms with Crippen molar-refractivity contribution in [1.82, 2.24) is 0 Å². The molecule has 0 heterocycles. The molecule has 1 atom stereocenters. The lowest BCUT2D eigenvalue weighted by atomic mass is 10.1. The molecule has 5 nitrogen and oxygen atoms in total. The molecule has 25 heavy (non-hydrogen) atoms. The summed E-state index contributed by atoms with van der Waals surface area (Å²) in [5, 5.41) is 9.02. The van der Waals surface area contributed by atoms with Gasteiger partial charge in [-0.2, -0.15) is 0 Å². The van der Waals surface area contributed by atoms with Crippen LogP contribution in [0.25, 0.3) is 0 Å². The van der Waals surface area contributed by atoms with E-state index in [0.29, 0.717) is 5.56 Å². The Labute approximate surface area is 147 Å². The second-order valence-electron chi connectivity index (χ2n) is 5.68. The Hall–Kier alpha value is -1.93. The van der Waals surface area contributed by atoms with E-state index < -0.39 is 13.9 Å². The fourth-order valence-electron chi connectivity index (χ4n) is 2.02. The summed E-state index contributed by atoms with van der Waals surface area (Å²) < 4.78 is 21.2. The van der Waals surface area contributed by atoms with Crippen LogP contribution in [0.1, 0.15) is 36.1 Å². The van der Waals surface area contributed by atoms with Gasteiger partial charge in [0.2, 0.25) is 0 Å². The maximum atomic E-state index is 11.6. The highest BCUT2D eigenvalue weighted by Gasteiger charge is 2.11. The minimum atomic E-state index is -4.31. The standard InChI is InChI=1S/C19H21O5P/c1-15(2)24-25(21,22)23-14-19-5-3-4-17(12-19)9-6-16-7-10-18(13-20)11-8-16/h3-5,7-8,10-12,15,20H,13-14H2,1-2H3,(H,21,22)/p-1. The van der Waals surface area contributed by atoms with Crippen molar-refractivity contribution in [3.05, 3.63) is 70.8 Å². The van der Waals surface area contributed by atoms with Gasteiger partial charge in [0.15, 0.2) is 0 Å². The van der Waals surface area contributed by atoms with E-state index in [0.717, 1.165) is 16.7 Å². The summed E-state index contributed by atoms with van der Waals surface area (Å²) in [7, 11) is -4.31. The third-order valence-electron chi connectivity index (χ3n) is 3.14. The van der Waals surface area contributed by atoms with Crippen LogP contribution in [0.3, 0.4) is 0 Å². The topological polar surface area (TPSA) is 78.8 Å². The van der Waals surface area contributed by atoms with E-state index in [9.17, 15) is 9.46 Å². The summed E-state index contributed by atoms with van der Waals surface area (Å²) in [6.45, 7) is 3.14. The number of benzene rings is 2. The van der Waals surface area contributed by atoms with Gasteiger partial charge < -0.3 is 19.0 Å². The number of phosphoric ester groups is 1. The van der Waals surface area contributed by atoms with Crippen LogP contribution < -0.4 is 4.89 Å². The lowest BCUT2D eigenvalue weighted by molar-refractivity contribution is -0.229. The third-order valence-corrected chi connectivity index (χ3v) is 4.27. The maximum absolute atomic E-state index is 11.6. The zero-order chi connectivity index (χ0) is 18.3. The van der Waals surface area contributed by atoms with Crippen molar-refractivity contribution in [2.24, 2.45) is 0 Å². The van der Waals surface area contributed by atoms with Crippen LogP contribution in [0.5, 0.6) is 0 Å². The van der Waals surface area contributed by atoms with E-state index >= 15 is 0 Å². The first-order chi connectivity index (χ1) is 11.9. The fourth-order valence-corrected chi connectivity index (χ4v) is 2.90. The molecule has 0 aliphatic heterocycles. The highest BCUT2D eigenvalue weighted by Crippen LogP contribution is 2.40. The number of phosphoric acid groups is 1. The lowest BCUT2D eigenvalue weighted by Crippen LogP contribution is -2.12. The summed E-state index contributed by atoms with van der Waals surface area (Å²) >= 11 is 0. The number of rotatable bonds is 6. The second-order valence-corrected chi connectivity index (χ2v) is 7.04. The van der Waals surface area contributed by atoms with Crippen LogP contribution in [0, 0.1) is 11.8 Å². The maximum Gasteiger partial charge on any atom is 0.268 e. The summed E-state index contributed by atoms with van der Waals surface area (Å²) in [5.41, 5.74) is 3.09. The molecule has 0 saturated heterocycles. The first-order valence-corrected chi connectivity index (χ1v) is 9.29. The molecule has 0 spiro atoms. The normalized spacial score (nSPS) is 13.2. The highest BCUT2D eigenvalue weighted by molar-refractivity contribution is 7.45. The lowest BCUT2D eigenvalue weighted by Gasteiger charge is -2.24. The first kappa shape index (κ1) is 19.4. The van der Waals surface area contributed by atoms with Crippen LogP contribution in [0.2, 0.25) is 0 Å². The Morgan fingerprint density at radius 3 is 2.40 bits per heavy atom. The van der Waals surface area contributed by atoms with Crippen molar-refractivity contribution in [2.75, 3.05) is 0 Å². The molecule has 1 unspecified atom stereocenters. The molecule has 0 aliphatic carbocycles. The zero-order valence-electron chi connectivity index (χ0n) is 14.1.